The van der Waals surface area contributed by atoms with Gasteiger partial charge in [-0.2, -0.15) is 0 Å². The molecule has 1 rings (SSSR count). The molecule has 0 radical (unpaired) electrons. The number of benzene rings is 1. The first-order chi connectivity index (χ1) is 5.84. The van der Waals surface area contributed by atoms with Gasteiger partial charge in [-0.1, -0.05) is 42.1 Å². The van der Waals surface area contributed by atoms with Gasteiger partial charge in [-0.15, -0.1) is 0 Å². The molecule has 12 heavy (non-hydrogen) atoms. The van der Waals surface area contributed by atoms with E-state index in [-0.39, 0.29) is 8.31 Å². The highest BCUT2D eigenvalue weighted by atomic mass is 29.8. The molecule has 0 fully saturated rings. The predicted molar refractivity (Wildman–Crippen MR) is 74.7 cm³/mol. The molecule has 1 aromatic carbocycles. The average Bonchev–Trinajstić information content (AvgIpc) is 2.15. The molecule has 1 aromatic rings. The Morgan fingerprint density at radius 3 is 2.50 bits per heavy atom. The first kappa shape index (κ1) is 10.4. The van der Waals surface area contributed by atoms with E-state index in [0.29, 0.717) is 25.7 Å². The lowest BCUT2D eigenvalue weighted by Crippen LogP contribution is -2.38. The van der Waals surface area contributed by atoms with Crippen LogP contribution in [0.3, 0.4) is 0 Å². The van der Waals surface area contributed by atoms with Gasteiger partial charge in [0, 0.05) is 8.55 Å². The van der Waals surface area contributed by atoms with Gasteiger partial charge in [0.25, 0.3) is 0 Å². The molecule has 5 heteroatoms. The zero-order chi connectivity index (χ0) is 8.81. The van der Waals surface area contributed by atoms with Crippen LogP contribution in [0.5, 0.6) is 0 Å². The second-order valence-corrected chi connectivity index (χ2v) is 39.3. The molecule has 0 saturated carbocycles. The molecule has 0 bridgehead atoms. The van der Waals surface area contributed by atoms with E-state index in [4.69, 9.17) is 0 Å². The summed E-state index contributed by atoms with van der Waals surface area (Å²) in [5, 5.41) is 1.75. The van der Waals surface area contributed by atoms with E-state index >= 15 is 0 Å². The van der Waals surface area contributed by atoms with Crippen LogP contribution in [0.15, 0.2) is 30.3 Å². The van der Waals surface area contributed by atoms with Crippen LogP contribution in [0, 0.1) is 0 Å². The van der Waals surface area contributed by atoms with Crippen LogP contribution < -0.4 is 5.19 Å². The van der Waals surface area contributed by atoms with Crippen LogP contribution in [-0.2, 0) is 0 Å². The summed E-state index contributed by atoms with van der Waals surface area (Å²) in [6.07, 6.45) is 0. The summed E-state index contributed by atoms with van der Waals surface area (Å²) in [4.78, 5) is 0. The Morgan fingerprint density at radius 1 is 1.25 bits per heavy atom. The molecule has 0 nitrogen and oxygen atoms in total. The highest BCUT2D eigenvalue weighted by Crippen LogP contribution is 1.86. The van der Waals surface area contributed by atoms with Gasteiger partial charge in [0.15, 0.2) is 0 Å². The zero-order valence-corrected chi connectivity index (χ0v) is 15.5. The minimum absolute atomic E-state index is 0.321. The van der Waals surface area contributed by atoms with E-state index < -0.39 is 0 Å². The van der Waals surface area contributed by atoms with Crippen LogP contribution >= 0.6 is 0 Å². The van der Waals surface area contributed by atoms with Gasteiger partial charge in [0.1, 0.15) is 0 Å². The van der Waals surface area contributed by atoms with Crippen LogP contribution in [0.2, 0.25) is 6.55 Å². The quantitative estimate of drug-likeness (QED) is 0.490. The third kappa shape index (κ3) is 3.36. The largest absolute Gasteiger partial charge is 0.0706 e. The van der Waals surface area contributed by atoms with Crippen molar-refractivity contribution in [3.05, 3.63) is 30.3 Å². The van der Waals surface area contributed by atoms with Crippen molar-refractivity contribution in [2.45, 2.75) is 6.55 Å². The zero-order valence-electron chi connectivity index (χ0n) is 8.09. The molecule has 0 aliphatic rings. The molecule has 1 unspecified atom stereocenters. The number of rotatable bonds is 4. The van der Waals surface area contributed by atoms with Crippen molar-refractivity contribution in [1.29, 1.82) is 0 Å². The van der Waals surface area contributed by atoms with Crippen LogP contribution in [0.25, 0.3) is 0 Å². The Bertz CT molecular complexity index is 212. The number of hydrogen-bond acceptors (Lipinski definition) is 0. The maximum absolute atomic E-state index is 2.58. The summed E-state index contributed by atoms with van der Waals surface area (Å²) < 4.78 is 0. The second kappa shape index (κ2) is 5.87. The van der Waals surface area contributed by atoms with Gasteiger partial charge < -0.3 is 0 Å². The van der Waals surface area contributed by atoms with E-state index in [1.165, 1.54) is 0 Å². The van der Waals surface area contributed by atoms with Crippen molar-refractivity contribution in [2.24, 2.45) is 0 Å². The van der Waals surface area contributed by atoms with E-state index in [2.05, 4.69) is 36.9 Å². The van der Waals surface area contributed by atoms with Crippen molar-refractivity contribution in [3.63, 3.8) is 0 Å². The molecule has 1 atom stereocenters. The molecule has 0 heterocycles. The van der Waals surface area contributed by atoms with Crippen LogP contribution in [0.4, 0.5) is 0 Å². The molecular formula is C7H18Si5. The lowest BCUT2D eigenvalue weighted by atomic mass is 10.4. The summed E-state index contributed by atoms with van der Waals surface area (Å²) in [6.45, 7) is 2.58. The van der Waals surface area contributed by atoms with Gasteiger partial charge in [-0.25, -0.2) is 0 Å². The summed E-state index contributed by atoms with van der Waals surface area (Å²) in [6, 6.07) is 11.3. The summed E-state index contributed by atoms with van der Waals surface area (Å²) in [5.74, 6) is 0. The Morgan fingerprint density at radius 2 is 1.92 bits per heavy atom. The SMILES string of the molecule is C[SiH]([SiH2][SiH2][SiH2][SiH3])c1ccccc1. The summed E-state index contributed by atoms with van der Waals surface area (Å²) >= 11 is 0. The molecule has 0 spiro atoms. The molecule has 0 aromatic heterocycles. The topological polar surface area (TPSA) is 0 Å². The molecule has 0 aliphatic heterocycles. The van der Waals surface area contributed by atoms with Crippen molar-refractivity contribution in [1.82, 2.24) is 0 Å². The molecule has 0 saturated heterocycles. The van der Waals surface area contributed by atoms with Crippen molar-refractivity contribution >= 4 is 48.9 Å². The Labute approximate surface area is 85.8 Å². The van der Waals surface area contributed by atoms with Crippen molar-refractivity contribution < 1.29 is 0 Å². The molecule has 66 valence electrons. The predicted octanol–water partition coefficient (Wildman–Crippen LogP) is -3.14. The molecular weight excluding hydrogens is 225 g/mol. The Kier molecular flexibility index (Phi) is 5.08. The maximum Gasteiger partial charge on any atom is 0.0513 e. The third-order valence-corrected chi connectivity index (χ3v) is 61.2. The van der Waals surface area contributed by atoms with Gasteiger partial charge >= 0.3 is 0 Å². The first-order valence-corrected chi connectivity index (χ1v) is 23.5. The summed E-state index contributed by atoms with van der Waals surface area (Å²) in [7, 11) is 3.08. The minimum Gasteiger partial charge on any atom is -0.0706 e. The minimum atomic E-state index is -0.321. The van der Waals surface area contributed by atoms with Gasteiger partial charge in [-0.05, 0) is 26.9 Å². The van der Waals surface area contributed by atoms with Crippen molar-refractivity contribution in [2.75, 3.05) is 0 Å². The van der Waals surface area contributed by atoms with Crippen LogP contribution in [-0.4, -0.2) is 43.7 Å². The normalized spacial score (nSPS) is 16.1. The average molecular weight is 243 g/mol. The van der Waals surface area contributed by atoms with Gasteiger partial charge in [0.05, 0.1) is 8.31 Å². The Balaban J connectivity index is 2.48. The fraction of sp³-hybridized carbons (Fsp3) is 0.143. The van der Waals surface area contributed by atoms with Gasteiger partial charge in [0.2, 0.25) is 0 Å². The third-order valence-electron chi connectivity index (χ3n) is 2.36. The fourth-order valence-electron chi connectivity index (χ4n) is 1.46. The molecule has 0 N–H and O–H groups in total. The second-order valence-electron chi connectivity index (χ2n) is 3.45. The molecule has 0 aliphatic carbocycles. The monoisotopic (exact) mass is 242 g/mol. The lowest BCUT2D eigenvalue weighted by Gasteiger charge is -2.07. The van der Waals surface area contributed by atoms with E-state index in [9.17, 15) is 0 Å². The molecule has 0 amide bonds. The smallest absolute Gasteiger partial charge is 0.0513 e. The van der Waals surface area contributed by atoms with Crippen molar-refractivity contribution in [3.8, 4) is 0 Å². The Hall–Kier alpha value is 0.304. The van der Waals surface area contributed by atoms with E-state index in [1.54, 1.807) is 14.9 Å². The fourth-order valence-corrected chi connectivity index (χ4v) is 81.4. The van der Waals surface area contributed by atoms with Gasteiger partial charge in [-0.3, -0.25) is 0 Å². The number of hydrogen-bond donors (Lipinski definition) is 0. The maximum atomic E-state index is 2.58. The lowest BCUT2D eigenvalue weighted by molar-refractivity contribution is 1.76. The standard InChI is InChI=1S/C7H18Si5/c1-12(11-10-9-8)7-5-3-2-4-6-7/h2-6,12H,9-11H2,1,8H3. The first-order valence-electron chi connectivity index (χ1n) is 4.89. The highest BCUT2D eigenvalue weighted by Gasteiger charge is 2.05. The highest BCUT2D eigenvalue weighted by molar-refractivity contribution is 7.55. The van der Waals surface area contributed by atoms with E-state index in [1.807, 2.05) is 0 Å². The van der Waals surface area contributed by atoms with Crippen LogP contribution in [0.1, 0.15) is 0 Å². The summed E-state index contributed by atoms with van der Waals surface area (Å²) in [5.41, 5.74) is 0. The van der Waals surface area contributed by atoms with E-state index in [0.717, 1.165) is 0 Å².